The van der Waals surface area contributed by atoms with Crippen LogP contribution in [-0.2, 0) is 0 Å². The quantitative estimate of drug-likeness (QED) is 0.536. The lowest BCUT2D eigenvalue weighted by Gasteiger charge is -1.99. The average Bonchev–Trinajstić information content (AvgIpc) is 2.59. The van der Waals surface area contributed by atoms with Crippen LogP contribution in [0, 0.1) is 0 Å². The van der Waals surface area contributed by atoms with E-state index in [1.807, 2.05) is 24.3 Å². The van der Waals surface area contributed by atoms with Gasteiger partial charge in [0, 0.05) is 36.6 Å². The molecule has 0 unspecified atom stereocenters. The van der Waals surface area contributed by atoms with Crippen molar-refractivity contribution in [1.29, 1.82) is 0 Å². The summed E-state index contributed by atoms with van der Waals surface area (Å²) in [5.74, 6) is 0.534. The first kappa shape index (κ1) is 17.7. The SMILES string of the molecule is Oc1ccccc1/C=N/CCCCCC/N=C/c1ccccc1O. The summed E-state index contributed by atoms with van der Waals surface area (Å²) >= 11 is 0. The van der Waals surface area contributed by atoms with Crippen LogP contribution in [0.15, 0.2) is 58.5 Å². The van der Waals surface area contributed by atoms with E-state index >= 15 is 0 Å². The first-order chi connectivity index (χ1) is 11.8. The van der Waals surface area contributed by atoms with Gasteiger partial charge in [0.25, 0.3) is 0 Å². The van der Waals surface area contributed by atoms with Crippen LogP contribution >= 0.6 is 0 Å². The Morgan fingerprint density at radius 3 is 1.46 bits per heavy atom. The summed E-state index contributed by atoms with van der Waals surface area (Å²) in [5, 5.41) is 19.2. The lowest BCUT2D eigenvalue weighted by atomic mass is 10.2. The number of benzene rings is 2. The third kappa shape index (κ3) is 6.24. The molecule has 0 radical (unpaired) electrons. The minimum atomic E-state index is 0.267. The molecule has 126 valence electrons. The molecule has 0 fully saturated rings. The van der Waals surface area contributed by atoms with E-state index in [0.717, 1.165) is 49.9 Å². The number of unbranched alkanes of at least 4 members (excludes halogenated alkanes) is 3. The van der Waals surface area contributed by atoms with Crippen molar-refractivity contribution in [3.8, 4) is 11.5 Å². The molecule has 4 nitrogen and oxygen atoms in total. The highest BCUT2D eigenvalue weighted by atomic mass is 16.3. The minimum Gasteiger partial charge on any atom is -0.507 e. The summed E-state index contributed by atoms with van der Waals surface area (Å²) in [6.45, 7) is 1.55. The van der Waals surface area contributed by atoms with E-state index in [1.54, 1.807) is 36.7 Å². The van der Waals surface area contributed by atoms with Crippen molar-refractivity contribution in [3.05, 3.63) is 59.7 Å². The fraction of sp³-hybridized carbons (Fsp3) is 0.300. The van der Waals surface area contributed by atoms with Crippen molar-refractivity contribution in [2.24, 2.45) is 9.98 Å². The Bertz CT molecular complexity index is 621. The topological polar surface area (TPSA) is 65.2 Å². The van der Waals surface area contributed by atoms with Gasteiger partial charge in [-0.1, -0.05) is 37.1 Å². The van der Waals surface area contributed by atoms with Crippen LogP contribution in [0.2, 0.25) is 0 Å². The molecule has 0 atom stereocenters. The van der Waals surface area contributed by atoms with Gasteiger partial charge in [-0.15, -0.1) is 0 Å². The Hall–Kier alpha value is -2.62. The second-order valence-electron chi connectivity index (χ2n) is 5.60. The van der Waals surface area contributed by atoms with Crippen molar-refractivity contribution in [3.63, 3.8) is 0 Å². The zero-order valence-corrected chi connectivity index (χ0v) is 13.8. The summed E-state index contributed by atoms with van der Waals surface area (Å²) in [5.41, 5.74) is 1.52. The lowest BCUT2D eigenvalue weighted by Crippen LogP contribution is -1.89. The highest BCUT2D eigenvalue weighted by molar-refractivity contribution is 5.83. The van der Waals surface area contributed by atoms with Gasteiger partial charge in [0.1, 0.15) is 11.5 Å². The second kappa shape index (κ2) is 10.2. The minimum absolute atomic E-state index is 0.267. The molecular formula is C20H24N2O2. The molecule has 0 aromatic heterocycles. The van der Waals surface area contributed by atoms with Crippen LogP contribution in [0.3, 0.4) is 0 Å². The van der Waals surface area contributed by atoms with Crippen molar-refractivity contribution in [2.75, 3.05) is 13.1 Å². The maximum atomic E-state index is 9.61. The Morgan fingerprint density at radius 2 is 1.04 bits per heavy atom. The molecule has 0 saturated carbocycles. The van der Waals surface area contributed by atoms with Gasteiger partial charge in [-0.3, -0.25) is 9.98 Å². The highest BCUT2D eigenvalue weighted by Crippen LogP contribution is 2.13. The van der Waals surface area contributed by atoms with E-state index in [-0.39, 0.29) is 11.5 Å². The van der Waals surface area contributed by atoms with Crippen molar-refractivity contribution < 1.29 is 10.2 Å². The highest BCUT2D eigenvalue weighted by Gasteiger charge is 1.95. The number of para-hydroxylation sites is 2. The maximum absolute atomic E-state index is 9.61. The van der Waals surface area contributed by atoms with Gasteiger partial charge >= 0.3 is 0 Å². The number of phenols is 2. The van der Waals surface area contributed by atoms with E-state index in [4.69, 9.17) is 0 Å². The molecule has 2 N–H and O–H groups in total. The summed E-state index contributed by atoms with van der Waals surface area (Å²) < 4.78 is 0. The average molecular weight is 324 g/mol. The number of aliphatic imine (C=N–C) groups is 2. The van der Waals surface area contributed by atoms with Gasteiger partial charge in [-0.2, -0.15) is 0 Å². The van der Waals surface area contributed by atoms with Crippen molar-refractivity contribution >= 4 is 12.4 Å². The predicted molar refractivity (Wildman–Crippen MR) is 99.6 cm³/mol. The van der Waals surface area contributed by atoms with Crippen LogP contribution in [-0.4, -0.2) is 35.7 Å². The van der Waals surface area contributed by atoms with E-state index in [9.17, 15) is 10.2 Å². The maximum Gasteiger partial charge on any atom is 0.124 e. The fourth-order valence-electron chi connectivity index (χ4n) is 2.28. The Morgan fingerprint density at radius 1 is 0.625 bits per heavy atom. The smallest absolute Gasteiger partial charge is 0.124 e. The molecule has 0 aliphatic rings. The van der Waals surface area contributed by atoms with E-state index < -0.39 is 0 Å². The largest absolute Gasteiger partial charge is 0.507 e. The molecular weight excluding hydrogens is 300 g/mol. The lowest BCUT2D eigenvalue weighted by molar-refractivity contribution is 0.474. The van der Waals surface area contributed by atoms with Crippen LogP contribution in [0.1, 0.15) is 36.8 Å². The molecule has 0 aliphatic carbocycles. The molecule has 0 saturated heterocycles. The van der Waals surface area contributed by atoms with Crippen molar-refractivity contribution in [2.45, 2.75) is 25.7 Å². The second-order valence-corrected chi connectivity index (χ2v) is 5.60. The summed E-state index contributed by atoms with van der Waals surface area (Å²) in [4.78, 5) is 8.69. The Balaban J connectivity index is 1.54. The third-order valence-corrected chi connectivity index (χ3v) is 3.66. The monoisotopic (exact) mass is 324 g/mol. The molecule has 2 rings (SSSR count). The van der Waals surface area contributed by atoms with Crippen LogP contribution in [0.25, 0.3) is 0 Å². The summed E-state index contributed by atoms with van der Waals surface area (Å²) in [6, 6.07) is 14.4. The molecule has 0 bridgehead atoms. The number of phenolic OH excluding ortho intramolecular Hbond substituents is 2. The van der Waals surface area contributed by atoms with Crippen LogP contribution in [0.5, 0.6) is 11.5 Å². The number of hydrogen-bond donors (Lipinski definition) is 2. The molecule has 0 aliphatic heterocycles. The molecule has 2 aromatic rings. The standard InChI is InChI=1S/C20H24N2O2/c23-19-11-5-3-9-17(19)15-21-13-7-1-2-8-14-22-16-18-10-4-6-12-20(18)24/h3-6,9-12,15-16,23-24H,1-2,7-8,13-14H2/b21-15+,22-16+. The van der Waals surface area contributed by atoms with Gasteiger partial charge in [0.15, 0.2) is 0 Å². The van der Waals surface area contributed by atoms with Gasteiger partial charge in [-0.25, -0.2) is 0 Å². The Labute approximate surface area is 143 Å². The number of aromatic hydroxyl groups is 2. The van der Waals surface area contributed by atoms with Gasteiger partial charge < -0.3 is 10.2 Å². The van der Waals surface area contributed by atoms with Crippen molar-refractivity contribution in [1.82, 2.24) is 0 Å². The summed E-state index contributed by atoms with van der Waals surface area (Å²) in [7, 11) is 0. The molecule has 4 heteroatoms. The van der Waals surface area contributed by atoms with Gasteiger partial charge in [0.05, 0.1) is 0 Å². The molecule has 24 heavy (non-hydrogen) atoms. The van der Waals surface area contributed by atoms with E-state index in [2.05, 4.69) is 9.98 Å². The zero-order chi connectivity index (χ0) is 17.0. The third-order valence-electron chi connectivity index (χ3n) is 3.66. The predicted octanol–water partition coefficient (Wildman–Crippen LogP) is 4.20. The molecule has 0 heterocycles. The molecule has 0 amide bonds. The fourth-order valence-corrected chi connectivity index (χ4v) is 2.28. The molecule has 0 spiro atoms. The zero-order valence-electron chi connectivity index (χ0n) is 13.8. The first-order valence-electron chi connectivity index (χ1n) is 8.33. The normalized spacial score (nSPS) is 11.5. The van der Waals surface area contributed by atoms with Gasteiger partial charge in [0.2, 0.25) is 0 Å². The Kier molecular flexibility index (Phi) is 7.54. The van der Waals surface area contributed by atoms with Crippen LogP contribution in [0.4, 0.5) is 0 Å². The molecule has 2 aromatic carbocycles. The van der Waals surface area contributed by atoms with E-state index in [1.165, 1.54) is 0 Å². The number of hydrogen-bond acceptors (Lipinski definition) is 4. The van der Waals surface area contributed by atoms with E-state index in [0.29, 0.717) is 0 Å². The van der Waals surface area contributed by atoms with Crippen LogP contribution < -0.4 is 0 Å². The first-order valence-corrected chi connectivity index (χ1v) is 8.33. The number of nitrogens with zero attached hydrogens (tertiary/aromatic N) is 2. The summed E-state index contributed by atoms with van der Waals surface area (Å²) in [6.07, 6.45) is 7.76. The van der Waals surface area contributed by atoms with Gasteiger partial charge in [-0.05, 0) is 37.1 Å². The number of rotatable bonds is 9.